The first kappa shape index (κ1) is 15.9. The number of nitrogens with one attached hydrogen (secondary N) is 1. The molecule has 1 N–H and O–H groups in total. The summed E-state index contributed by atoms with van der Waals surface area (Å²) < 4.78 is 5.82. The largest absolute Gasteiger partial charge is 0.373 e. The number of hydrogen-bond acceptors (Lipinski definition) is 3. The van der Waals surface area contributed by atoms with Gasteiger partial charge in [0.25, 0.3) is 0 Å². The zero-order chi connectivity index (χ0) is 13.6. The van der Waals surface area contributed by atoms with E-state index in [-0.39, 0.29) is 0 Å². The van der Waals surface area contributed by atoms with Crippen LogP contribution in [-0.4, -0.2) is 49.8 Å². The van der Waals surface area contributed by atoms with Gasteiger partial charge in [-0.05, 0) is 38.6 Å². The van der Waals surface area contributed by atoms with E-state index < -0.39 is 0 Å². The first-order valence-corrected chi connectivity index (χ1v) is 7.63. The van der Waals surface area contributed by atoms with Crippen molar-refractivity contribution in [3.63, 3.8) is 0 Å². The highest BCUT2D eigenvalue weighted by Gasteiger charge is 2.31. The first-order valence-electron chi connectivity index (χ1n) is 7.63. The Morgan fingerprint density at radius 3 is 2.11 bits per heavy atom. The molecule has 0 aromatic carbocycles. The molecule has 0 aliphatic carbocycles. The fourth-order valence-electron chi connectivity index (χ4n) is 3.06. The highest BCUT2D eigenvalue weighted by Crippen LogP contribution is 2.28. The summed E-state index contributed by atoms with van der Waals surface area (Å²) in [5.41, 5.74) is 0.423. The smallest absolute Gasteiger partial charge is 0.0678 e. The lowest BCUT2D eigenvalue weighted by Gasteiger charge is -2.42. The normalized spacial score (nSPS) is 26.5. The van der Waals surface area contributed by atoms with Gasteiger partial charge in [-0.25, -0.2) is 0 Å². The Morgan fingerprint density at radius 2 is 1.67 bits per heavy atom. The van der Waals surface area contributed by atoms with Crippen LogP contribution in [0.15, 0.2) is 0 Å². The van der Waals surface area contributed by atoms with Gasteiger partial charge in [0.05, 0.1) is 12.2 Å². The molecule has 0 aromatic rings. The summed E-state index contributed by atoms with van der Waals surface area (Å²) in [4.78, 5) is 2.60. The molecule has 1 heterocycles. The maximum absolute atomic E-state index is 5.82. The van der Waals surface area contributed by atoms with E-state index in [1.165, 1.54) is 19.4 Å². The number of morpholine rings is 1. The van der Waals surface area contributed by atoms with E-state index in [1.807, 2.05) is 0 Å². The van der Waals surface area contributed by atoms with Crippen LogP contribution in [0.4, 0.5) is 0 Å². The van der Waals surface area contributed by atoms with Crippen molar-refractivity contribution < 1.29 is 4.74 Å². The molecule has 0 spiro atoms. The fourth-order valence-corrected chi connectivity index (χ4v) is 3.06. The maximum Gasteiger partial charge on any atom is 0.0678 e. The quantitative estimate of drug-likeness (QED) is 0.757. The van der Waals surface area contributed by atoms with Crippen LogP contribution in [0, 0.1) is 5.41 Å². The second kappa shape index (κ2) is 7.46. The molecule has 1 rings (SSSR count). The van der Waals surface area contributed by atoms with E-state index in [0.717, 1.165) is 26.2 Å². The second-order valence-electron chi connectivity index (χ2n) is 5.94. The van der Waals surface area contributed by atoms with Gasteiger partial charge in [0, 0.05) is 26.2 Å². The lowest BCUT2D eigenvalue weighted by atomic mass is 9.81. The van der Waals surface area contributed by atoms with Gasteiger partial charge < -0.3 is 10.1 Å². The Hall–Kier alpha value is -0.120. The Labute approximate surface area is 113 Å². The van der Waals surface area contributed by atoms with E-state index in [1.54, 1.807) is 0 Å². The predicted octanol–water partition coefficient (Wildman–Crippen LogP) is 2.51. The summed E-state index contributed by atoms with van der Waals surface area (Å²) in [7, 11) is 0. The van der Waals surface area contributed by atoms with Gasteiger partial charge in [-0.3, -0.25) is 4.90 Å². The van der Waals surface area contributed by atoms with Crippen LogP contribution >= 0.6 is 0 Å². The van der Waals surface area contributed by atoms with Crippen molar-refractivity contribution in [3.05, 3.63) is 0 Å². The second-order valence-corrected chi connectivity index (χ2v) is 5.94. The van der Waals surface area contributed by atoms with Crippen LogP contribution < -0.4 is 5.32 Å². The molecule has 1 aliphatic rings. The SMILES string of the molecule is CCNCC(CC)(CC)CN1C[C@@H](C)O[C@@H](C)C1. The number of nitrogens with zero attached hydrogens (tertiary/aromatic N) is 1. The van der Waals surface area contributed by atoms with E-state index in [4.69, 9.17) is 4.74 Å². The van der Waals surface area contributed by atoms with Gasteiger partial charge in [-0.1, -0.05) is 20.8 Å². The standard InChI is InChI=1S/C15H32N2O/c1-6-15(7-2,11-16-8-3)12-17-9-13(4)18-14(5)10-17/h13-14,16H,6-12H2,1-5H3/t13-,14+. The zero-order valence-corrected chi connectivity index (χ0v) is 13.0. The third-order valence-corrected chi connectivity index (χ3v) is 4.30. The lowest BCUT2D eigenvalue weighted by Crippen LogP contribution is -2.51. The number of ether oxygens (including phenoxy) is 1. The zero-order valence-electron chi connectivity index (χ0n) is 13.0. The van der Waals surface area contributed by atoms with Crippen molar-refractivity contribution in [2.75, 3.05) is 32.7 Å². The summed E-state index contributed by atoms with van der Waals surface area (Å²) in [5.74, 6) is 0. The number of hydrogen-bond donors (Lipinski definition) is 1. The van der Waals surface area contributed by atoms with Crippen molar-refractivity contribution in [3.8, 4) is 0 Å². The number of rotatable bonds is 7. The molecule has 0 aromatic heterocycles. The molecule has 3 heteroatoms. The molecule has 0 radical (unpaired) electrons. The van der Waals surface area contributed by atoms with Gasteiger partial charge >= 0.3 is 0 Å². The molecule has 18 heavy (non-hydrogen) atoms. The van der Waals surface area contributed by atoms with Gasteiger partial charge in [0.2, 0.25) is 0 Å². The topological polar surface area (TPSA) is 24.5 Å². The van der Waals surface area contributed by atoms with E-state index >= 15 is 0 Å². The van der Waals surface area contributed by atoms with E-state index in [9.17, 15) is 0 Å². The maximum atomic E-state index is 5.82. The van der Waals surface area contributed by atoms with Crippen molar-refractivity contribution in [2.24, 2.45) is 5.41 Å². The molecule has 1 saturated heterocycles. The Bertz CT molecular complexity index is 219. The Morgan fingerprint density at radius 1 is 1.11 bits per heavy atom. The highest BCUT2D eigenvalue weighted by molar-refractivity contribution is 4.85. The van der Waals surface area contributed by atoms with Crippen molar-refractivity contribution in [2.45, 2.75) is 59.7 Å². The van der Waals surface area contributed by atoms with Crippen molar-refractivity contribution in [1.29, 1.82) is 0 Å². The van der Waals surface area contributed by atoms with Crippen molar-refractivity contribution in [1.82, 2.24) is 10.2 Å². The predicted molar refractivity (Wildman–Crippen MR) is 78.0 cm³/mol. The molecule has 0 unspecified atom stereocenters. The molecule has 0 saturated carbocycles. The average molecular weight is 256 g/mol. The van der Waals surface area contributed by atoms with Crippen LogP contribution in [0.1, 0.15) is 47.5 Å². The minimum Gasteiger partial charge on any atom is -0.373 e. The molecule has 0 amide bonds. The minimum atomic E-state index is 0.374. The van der Waals surface area contributed by atoms with Gasteiger partial charge in [-0.2, -0.15) is 0 Å². The van der Waals surface area contributed by atoms with Crippen LogP contribution in [0.5, 0.6) is 0 Å². The average Bonchev–Trinajstić information content (AvgIpc) is 2.33. The molecular weight excluding hydrogens is 224 g/mol. The molecule has 1 fully saturated rings. The van der Waals surface area contributed by atoms with E-state index in [0.29, 0.717) is 17.6 Å². The van der Waals surface area contributed by atoms with Gasteiger partial charge in [0.1, 0.15) is 0 Å². The molecule has 0 bridgehead atoms. The van der Waals surface area contributed by atoms with Crippen LogP contribution in [0.25, 0.3) is 0 Å². The summed E-state index contributed by atoms with van der Waals surface area (Å²) in [6.07, 6.45) is 3.24. The highest BCUT2D eigenvalue weighted by atomic mass is 16.5. The molecule has 1 aliphatic heterocycles. The summed E-state index contributed by atoms with van der Waals surface area (Å²) in [6, 6.07) is 0. The van der Waals surface area contributed by atoms with Gasteiger partial charge in [0.15, 0.2) is 0 Å². The van der Waals surface area contributed by atoms with Crippen molar-refractivity contribution >= 4 is 0 Å². The van der Waals surface area contributed by atoms with Gasteiger partial charge in [-0.15, -0.1) is 0 Å². The first-order chi connectivity index (χ1) is 8.55. The van der Waals surface area contributed by atoms with Crippen LogP contribution in [-0.2, 0) is 4.74 Å². The summed E-state index contributed by atoms with van der Waals surface area (Å²) >= 11 is 0. The van der Waals surface area contributed by atoms with Crippen LogP contribution in [0.2, 0.25) is 0 Å². The Kier molecular flexibility index (Phi) is 6.61. The summed E-state index contributed by atoms with van der Waals surface area (Å²) in [5, 5.41) is 3.55. The third kappa shape index (κ3) is 4.52. The molecule has 108 valence electrons. The molecule has 2 atom stereocenters. The lowest BCUT2D eigenvalue weighted by molar-refractivity contribution is -0.0783. The van der Waals surface area contributed by atoms with E-state index in [2.05, 4.69) is 44.8 Å². The van der Waals surface area contributed by atoms with Crippen LogP contribution in [0.3, 0.4) is 0 Å². The minimum absolute atomic E-state index is 0.374. The summed E-state index contributed by atoms with van der Waals surface area (Å²) in [6.45, 7) is 16.8. The molecular formula is C15H32N2O. The third-order valence-electron chi connectivity index (χ3n) is 4.30. The Balaban J connectivity index is 2.58. The molecule has 3 nitrogen and oxygen atoms in total. The fraction of sp³-hybridized carbons (Fsp3) is 1.00. The monoisotopic (exact) mass is 256 g/mol.